The zero-order valence-electron chi connectivity index (χ0n) is 17.3. The van der Waals surface area contributed by atoms with Crippen LogP contribution in [0.15, 0.2) is 29.3 Å². The predicted octanol–water partition coefficient (Wildman–Crippen LogP) is 6.15. The van der Waals surface area contributed by atoms with Crippen LogP contribution in [0.2, 0.25) is 0 Å². The van der Waals surface area contributed by atoms with Gasteiger partial charge in [0.15, 0.2) is 0 Å². The summed E-state index contributed by atoms with van der Waals surface area (Å²) in [6.45, 7) is 4.40. The van der Waals surface area contributed by atoms with Crippen LogP contribution in [0.1, 0.15) is 78.1 Å². The molecule has 0 radical (unpaired) electrons. The average Bonchev–Trinajstić information content (AvgIpc) is 3.08. The molecular weight excluding hydrogens is 357 g/mol. The van der Waals surface area contributed by atoms with E-state index in [1.54, 1.807) is 18.2 Å². The number of carbonyl (C=O) groups is 1. The fourth-order valence-corrected chi connectivity index (χ4v) is 3.49. The zero-order chi connectivity index (χ0) is 20.8. The van der Waals surface area contributed by atoms with Crippen molar-refractivity contribution in [1.82, 2.24) is 0 Å². The molecule has 2 N–H and O–H groups in total. The summed E-state index contributed by atoms with van der Waals surface area (Å²) >= 11 is 0. The highest BCUT2D eigenvalue weighted by Gasteiger charge is 2.21. The monoisotopic (exact) mass is 393 g/mol. The third-order valence-electron chi connectivity index (χ3n) is 5.16. The number of carboxylic acids is 1. The summed E-state index contributed by atoms with van der Waals surface area (Å²) in [5.41, 5.74) is 0.288. The molecule has 2 unspecified atom stereocenters. The number of aliphatic hydroxyl groups excluding tert-OH is 1. The van der Waals surface area contributed by atoms with E-state index in [0.29, 0.717) is 6.42 Å². The lowest BCUT2D eigenvalue weighted by Gasteiger charge is -2.10. The Morgan fingerprint density at radius 2 is 2.04 bits per heavy atom. The van der Waals surface area contributed by atoms with Crippen molar-refractivity contribution in [2.45, 2.75) is 84.2 Å². The largest absolute Gasteiger partial charge is 0.481 e. The van der Waals surface area contributed by atoms with E-state index in [9.17, 15) is 14.3 Å². The van der Waals surface area contributed by atoms with Crippen molar-refractivity contribution in [1.29, 1.82) is 0 Å². The number of aliphatic hydroxyl groups is 1. The van der Waals surface area contributed by atoms with Crippen molar-refractivity contribution in [3.63, 3.8) is 0 Å². The Kier molecular flexibility index (Phi) is 12.4. The molecule has 0 spiro atoms. The Hall–Kier alpha value is -1.75. The molecule has 1 saturated carbocycles. The quantitative estimate of drug-likeness (QED) is 0.370. The fraction of sp³-hybridized carbons (Fsp3) is 0.652. The Balaban J connectivity index is 0.000000370. The van der Waals surface area contributed by atoms with Crippen molar-refractivity contribution in [2.24, 2.45) is 16.8 Å². The Bertz CT molecular complexity index is 591. The van der Waals surface area contributed by atoms with Crippen LogP contribution in [0.4, 0.5) is 10.1 Å². The first kappa shape index (κ1) is 24.3. The average molecular weight is 394 g/mol. The molecule has 1 aromatic rings. The molecule has 1 fully saturated rings. The molecule has 0 heterocycles. The van der Waals surface area contributed by atoms with Gasteiger partial charge in [-0.1, -0.05) is 58.1 Å². The molecule has 0 bridgehead atoms. The van der Waals surface area contributed by atoms with Gasteiger partial charge in [-0.3, -0.25) is 9.79 Å². The van der Waals surface area contributed by atoms with Crippen LogP contribution in [0.3, 0.4) is 0 Å². The molecule has 1 aromatic carbocycles. The van der Waals surface area contributed by atoms with E-state index in [0.717, 1.165) is 43.9 Å². The first-order valence-corrected chi connectivity index (χ1v) is 10.6. The van der Waals surface area contributed by atoms with Gasteiger partial charge in [-0.05, 0) is 49.7 Å². The van der Waals surface area contributed by atoms with E-state index in [1.165, 1.54) is 38.0 Å². The van der Waals surface area contributed by atoms with Crippen LogP contribution in [0, 0.1) is 17.7 Å². The lowest BCUT2D eigenvalue weighted by molar-refractivity contribution is -0.137. The maximum absolute atomic E-state index is 13.3. The van der Waals surface area contributed by atoms with Crippen molar-refractivity contribution in [3.8, 4) is 0 Å². The predicted molar refractivity (Wildman–Crippen MR) is 113 cm³/mol. The molecule has 0 aromatic heterocycles. The highest BCUT2D eigenvalue weighted by atomic mass is 19.1. The fourth-order valence-electron chi connectivity index (χ4n) is 3.49. The summed E-state index contributed by atoms with van der Waals surface area (Å²) in [6.07, 6.45) is 11.1. The summed E-state index contributed by atoms with van der Waals surface area (Å²) in [6, 6.07) is 6.35. The second kappa shape index (κ2) is 14.3. The lowest BCUT2D eigenvalue weighted by Crippen LogP contribution is -2.10. The molecule has 158 valence electrons. The van der Waals surface area contributed by atoms with E-state index in [4.69, 9.17) is 5.11 Å². The topological polar surface area (TPSA) is 69.9 Å². The summed E-state index contributed by atoms with van der Waals surface area (Å²) in [4.78, 5) is 14.0. The van der Waals surface area contributed by atoms with Gasteiger partial charge in [0.05, 0.1) is 11.8 Å². The van der Waals surface area contributed by atoms with Crippen LogP contribution in [0.5, 0.6) is 0 Å². The van der Waals surface area contributed by atoms with Crippen LogP contribution in [-0.4, -0.2) is 28.5 Å². The minimum atomic E-state index is -0.675. The molecule has 4 nitrogen and oxygen atoms in total. The molecule has 28 heavy (non-hydrogen) atoms. The summed E-state index contributed by atoms with van der Waals surface area (Å²) in [5, 5.41) is 18.1. The molecule has 1 aliphatic carbocycles. The second-order valence-corrected chi connectivity index (χ2v) is 7.86. The molecule has 1 aliphatic rings. The number of halogens is 1. The number of nitrogens with zero attached hydrogens (tertiary/aromatic N) is 1. The zero-order valence-corrected chi connectivity index (χ0v) is 17.3. The van der Waals surface area contributed by atoms with E-state index in [-0.39, 0.29) is 11.5 Å². The van der Waals surface area contributed by atoms with Crippen LogP contribution in [-0.2, 0) is 4.79 Å². The lowest BCUT2D eigenvalue weighted by atomic mass is 9.99. The van der Waals surface area contributed by atoms with Gasteiger partial charge in [-0.15, -0.1) is 0 Å². The maximum atomic E-state index is 13.3. The SMILES string of the molecule is CC1CC[C@H](CCC(O)C=Nc2ccccc2F)C1.CCCCCCC(=O)O. The molecule has 3 atom stereocenters. The summed E-state index contributed by atoms with van der Waals surface area (Å²) in [5.74, 6) is 0.544. The van der Waals surface area contributed by atoms with Crippen LogP contribution in [0.25, 0.3) is 0 Å². The standard InChI is InChI=1S/C16H22FNO.C7H14O2/c1-12-6-7-13(10-12)8-9-14(19)11-18-16-5-3-2-4-15(16)17;1-2-3-4-5-6-7(8)9/h2-5,11-14,19H,6-10H2,1H3;2-6H2,1H3,(H,8,9)/t12?,13-,14?;/m1./s1. The first-order chi connectivity index (χ1) is 13.4. The number of benzene rings is 1. The van der Waals surface area contributed by atoms with Gasteiger partial charge in [0.2, 0.25) is 0 Å². The number of aliphatic carboxylic acids is 1. The van der Waals surface area contributed by atoms with E-state index < -0.39 is 12.1 Å². The number of aliphatic imine (C=N–C) groups is 1. The normalized spacial score (nSPS) is 20.0. The van der Waals surface area contributed by atoms with E-state index >= 15 is 0 Å². The number of rotatable bonds is 10. The van der Waals surface area contributed by atoms with Crippen molar-refractivity contribution in [3.05, 3.63) is 30.1 Å². The molecule has 0 aliphatic heterocycles. The highest BCUT2D eigenvalue weighted by Crippen LogP contribution is 2.33. The van der Waals surface area contributed by atoms with Gasteiger partial charge in [0.25, 0.3) is 0 Å². The van der Waals surface area contributed by atoms with Crippen molar-refractivity contribution < 1.29 is 19.4 Å². The number of para-hydroxylation sites is 1. The van der Waals surface area contributed by atoms with Crippen LogP contribution >= 0.6 is 0 Å². The minimum Gasteiger partial charge on any atom is -0.481 e. The molecular formula is C23H36FNO3. The highest BCUT2D eigenvalue weighted by molar-refractivity contribution is 5.67. The third-order valence-corrected chi connectivity index (χ3v) is 5.16. The molecule has 0 saturated heterocycles. The second-order valence-electron chi connectivity index (χ2n) is 7.86. The Morgan fingerprint density at radius 1 is 1.29 bits per heavy atom. The minimum absolute atomic E-state index is 0.288. The van der Waals surface area contributed by atoms with Gasteiger partial charge in [0.1, 0.15) is 5.82 Å². The van der Waals surface area contributed by atoms with Gasteiger partial charge in [-0.2, -0.15) is 0 Å². The molecule has 2 rings (SSSR count). The van der Waals surface area contributed by atoms with E-state index in [1.807, 2.05) is 0 Å². The van der Waals surface area contributed by atoms with Gasteiger partial charge in [0, 0.05) is 12.6 Å². The summed E-state index contributed by atoms with van der Waals surface area (Å²) in [7, 11) is 0. The first-order valence-electron chi connectivity index (χ1n) is 10.6. The van der Waals surface area contributed by atoms with Crippen molar-refractivity contribution in [2.75, 3.05) is 0 Å². The number of hydrogen-bond donors (Lipinski definition) is 2. The Morgan fingerprint density at radius 3 is 2.64 bits per heavy atom. The van der Waals surface area contributed by atoms with Crippen LogP contribution < -0.4 is 0 Å². The number of unbranched alkanes of at least 4 members (excludes halogenated alkanes) is 3. The maximum Gasteiger partial charge on any atom is 0.303 e. The van der Waals surface area contributed by atoms with Gasteiger partial charge < -0.3 is 10.2 Å². The smallest absolute Gasteiger partial charge is 0.303 e. The molecule has 0 amide bonds. The van der Waals surface area contributed by atoms with E-state index in [2.05, 4.69) is 18.8 Å². The van der Waals surface area contributed by atoms with Gasteiger partial charge in [-0.25, -0.2) is 4.39 Å². The summed E-state index contributed by atoms with van der Waals surface area (Å²) < 4.78 is 13.3. The molecule has 5 heteroatoms. The number of carboxylic acid groups (broad SMARTS) is 1. The number of hydrogen-bond acceptors (Lipinski definition) is 3. The Labute approximate surface area is 168 Å². The van der Waals surface area contributed by atoms with Gasteiger partial charge >= 0.3 is 5.97 Å². The third kappa shape index (κ3) is 11.2. The van der Waals surface area contributed by atoms with Crippen molar-refractivity contribution >= 4 is 17.9 Å².